The van der Waals surface area contributed by atoms with Gasteiger partial charge in [-0.15, -0.1) is 0 Å². The smallest absolute Gasteiger partial charge is 0.170 e. The lowest BCUT2D eigenvalue weighted by Crippen LogP contribution is -2.15. The van der Waals surface area contributed by atoms with Crippen molar-refractivity contribution in [2.75, 3.05) is 6.61 Å². The Hall–Kier alpha value is -1.31. The zero-order valence-electron chi connectivity index (χ0n) is 8.96. The average molecular weight is 192 g/mol. The standard InChI is InChI=1S/C10H10O2.C2H6/c1-7-2-3-10-8(6-7)9(11)4-5-12-10;1-2/h2-3,6H,4-5H2,1H3;1-2H3. The maximum Gasteiger partial charge on any atom is 0.170 e. The van der Waals surface area contributed by atoms with Crippen molar-refractivity contribution in [3.8, 4) is 5.75 Å². The van der Waals surface area contributed by atoms with Crippen LogP contribution in [-0.2, 0) is 0 Å². The summed E-state index contributed by atoms with van der Waals surface area (Å²) in [7, 11) is 0. The number of aryl methyl sites for hydroxylation is 1. The van der Waals surface area contributed by atoms with Crippen LogP contribution in [0.2, 0.25) is 0 Å². The van der Waals surface area contributed by atoms with Crippen LogP contribution in [0.25, 0.3) is 0 Å². The third kappa shape index (κ3) is 2.13. The molecule has 0 amide bonds. The van der Waals surface area contributed by atoms with E-state index in [-0.39, 0.29) is 5.78 Å². The number of Topliss-reactive ketones (excluding diaryl/α,β-unsaturated/α-hetero) is 1. The number of hydrogen-bond donors (Lipinski definition) is 0. The number of ether oxygens (including phenoxy) is 1. The minimum atomic E-state index is 0.194. The maximum atomic E-state index is 11.4. The molecule has 0 saturated carbocycles. The molecule has 1 aromatic carbocycles. The van der Waals surface area contributed by atoms with Crippen molar-refractivity contribution in [2.24, 2.45) is 0 Å². The molecule has 0 aliphatic carbocycles. The Morgan fingerprint density at radius 3 is 2.71 bits per heavy atom. The van der Waals surface area contributed by atoms with Gasteiger partial charge in [0.25, 0.3) is 0 Å². The summed E-state index contributed by atoms with van der Waals surface area (Å²) in [6.45, 7) is 6.50. The number of rotatable bonds is 0. The summed E-state index contributed by atoms with van der Waals surface area (Å²) in [5.74, 6) is 0.928. The zero-order chi connectivity index (χ0) is 10.6. The first kappa shape index (κ1) is 10.8. The van der Waals surface area contributed by atoms with Gasteiger partial charge in [0.1, 0.15) is 5.75 Å². The van der Waals surface area contributed by atoms with Gasteiger partial charge >= 0.3 is 0 Å². The van der Waals surface area contributed by atoms with Crippen LogP contribution in [0.15, 0.2) is 18.2 Å². The number of carbonyl (C=O) groups is 1. The summed E-state index contributed by atoms with van der Waals surface area (Å²) >= 11 is 0. The molecular formula is C12H16O2. The van der Waals surface area contributed by atoms with Crippen molar-refractivity contribution in [3.05, 3.63) is 29.3 Å². The molecule has 1 aliphatic heterocycles. The summed E-state index contributed by atoms with van der Waals surface area (Å²) in [4.78, 5) is 11.4. The molecule has 0 fully saturated rings. The van der Waals surface area contributed by atoms with Crippen LogP contribution >= 0.6 is 0 Å². The van der Waals surface area contributed by atoms with Gasteiger partial charge in [-0.3, -0.25) is 4.79 Å². The van der Waals surface area contributed by atoms with Crippen molar-refractivity contribution in [1.29, 1.82) is 0 Å². The topological polar surface area (TPSA) is 26.3 Å². The molecule has 0 bridgehead atoms. The summed E-state index contributed by atoms with van der Waals surface area (Å²) in [5.41, 5.74) is 1.84. The zero-order valence-corrected chi connectivity index (χ0v) is 8.96. The maximum absolute atomic E-state index is 11.4. The number of hydrogen-bond acceptors (Lipinski definition) is 2. The van der Waals surface area contributed by atoms with Gasteiger partial charge in [0.15, 0.2) is 5.78 Å². The van der Waals surface area contributed by atoms with Gasteiger partial charge in [0, 0.05) is 6.42 Å². The lowest BCUT2D eigenvalue weighted by Gasteiger charge is -2.15. The molecule has 14 heavy (non-hydrogen) atoms. The van der Waals surface area contributed by atoms with Gasteiger partial charge in [-0.25, -0.2) is 0 Å². The highest BCUT2D eigenvalue weighted by Gasteiger charge is 2.17. The molecule has 1 aromatic rings. The minimum absolute atomic E-state index is 0.194. The minimum Gasteiger partial charge on any atom is -0.492 e. The lowest BCUT2D eigenvalue weighted by atomic mass is 10.0. The molecule has 2 nitrogen and oxygen atoms in total. The monoisotopic (exact) mass is 192 g/mol. The molecule has 2 heteroatoms. The predicted octanol–water partition coefficient (Wildman–Crippen LogP) is 2.99. The van der Waals surface area contributed by atoms with Crippen molar-refractivity contribution < 1.29 is 9.53 Å². The van der Waals surface area contributed by atoms with E-state index in [2.05, 4.69) is 0 Å². The SMILES string of the molecule is CC.Cc1ccc2c(c1)C(=O)CCO2. The first-order chi connectivity index (χ1) is 6.77. The molecule has 76 valence electrons. The molecule has 0 saturated heterocycles. The molecule has 0 N–H and O–H groups in total. The molecule has 2 rings (SSSR count). The van der Waals surface area contributed by atoms with Crippen LogP contribution in [0.1, 0.15) is 36.2 Å². The van der Waals surface area contributed by atoms with Gasteiger partial charge in [-0.2, -0.15) is 0 Å². The van der Waals surface area contributed by atoms with E-state index in [1.165, 1.54) is 0 Å². The third-order valence-electron chi connectivity index (χ3n) is 2.02. The van der Waals surface area contributed by atoms with Crippen LogP contribution in [0, 0.1) is 6.92 Å². The fourth-order valence-electron chi connectivity index (χ4n) is 1.38. The Morgan fingerprint density at radius 1 is 1.29 bits per heavy atom. The van der Waals surface area contributed by atoms with Crippen molar-refractivity contribution >= 4 is 5.78 Å². The van der Waals surface area contributed by atoms with E-state index in [4.69, 9.17) is 4.74 Å². The fourth-order valence-corrected chi connectivity index (χ4v) is 1.38. The Labute approximate surface area is 84.9 Å². The van der Waals surface area contributed by atoms with E-state index >= 15 is 0 Å². The predicted molar refractivity (Wildman–Crippen MR) is 57.0 cm³/mol. The first-order valence-electron chi connectivity index (χ1n) is 5.04. The van der Waals surface area contributed by atoms with Crippen molar-refractivity contribution in [2.45, 2.75) is 27.2 Å². The van der Waals surface area contributed by atoms with Crippen LogP contribution < -0.4 is 4.74 Å². The van der Waals surface area contributed by atoms with Gasteiger partial charge in [-0.05, 0) is 19.1 Å². The number of carbonyl (C=O) groups excluding carboxylic acids is 1. The molecular weight excluding hydrogens is 176 g/mol. The Morgan fingerprint density at radius 2 is 2.00 bits per heavy atom. The van der Waals surface area contributed by atoms with E-state index in [1.54, 1.807) is 0 Å². The first-order valence-corrected chi connectivity index (χ1v) is 5.04. The third-order valence-corrected chi connectivity index (χ3v) is 2.02. The summed E-state index contributed by atoms with van der Waals surface area (Å²) in [5, 5.41) is 0. The fraction of sp³-hybridized carbons (Fsp3) is 0.417. The summed E-state index contributed by atoms with van der Waals surface area (Å²) < 4.78 is 5.33. The van der Waals surface area contributed by atoms with Crippen LogP contribution in [-0.4, -0.2) is 12.4 Å². The average Bonchev–Trinajstić information content (AvgIpc) is 2.22. The van der Waals surface area contributed by atoms with E-state index in [1.807, 2.05) is 39.0 Å². The molecule has 0 radical (unpaired) electrons. The van der Waals surface area contributed by atoms with E-state index < -0.39 is 0 Å². The highest BCUT2D eigenvalue weighted by molar-refractivity contribution is 5.99. The van der Waals surface area contributed by atoms with Crippen molar-refractivity contribution in [1.82, 2.24) is 0 Å². The Bertz CT molecular complexity index is 329. The van der Waals surface area contributed by atoms with Gasteiger partial charge in [0.05, 0.1) is 12.2 Å². The second kappa shape index (κ2) is 4.80. The molecule has 0 spiro atoms. The Balaban J connectivity index is 0.000000461. The van der Waals surface area contributed by atoms with Crippen LogP contribution in [0.3, 0.4) is 0 Å². The van der Waals surface area contributed by atoms with Crippen LogP contribution in [0.5, 0.6) is 5.75 Å². The van der Waals surface area contributed by atoms with E-state index in [0.29, 0.717) is 13.0 Å². The van der Waals surface area contributed by atoms with E-state index in [0.717, 1.165) is 16.9 Å². The second-order valence-electron chi connectivity index (χ2n) is 3.02. The molecule has 1 heterocycles. The number of ketones is 1. The second-order valence-corrected chi connectivity index (χ2v) is 3.02. The Kier molecular flexibility index (Phi) is 3.69. The number of fused-ring (bicyclic) bond motifs is 1. The summed E-state index contributed by atoms with van der Waals surface area (Å²) in [6, 6.07) is 5.70. The van der Waals surface area contributed by atoms with Gasteiger partial charge in [0.2, 0.25) is 0 Å². The molecule has 0 aromatic heterocycles. The normalized spacial score (nSPS) is 13.5. The highest BCUT2D eigenvalue weighted by atomic mass is 16.5. The van der Waals surface area contributed by atoms with Crippen molar-refractivity contribution in [3.63, 3.8) is 0 Å². The highest BCUT2D eigenvalue weighted by Crippen LogP contribution is 2.24. The summed E-state index contributed by atoms with van der Waals surface area (Å²) in [6.07, 6.45) is 0.510. The lowest BCUT2D eigenvalue weighted by molar-refractivity contribution is 0.0933. The molecule has 0 atom stereocenters. The number of benzene rings is 1. The van der Waals surface area contributed by atoms with Crippen LogP contribution in [0.4, 0.5) is 0 Å². The van der Waals surface area contributed by atoms with Gasteiger partial charge < -0.3 is 4.74 Å². The largest absolute Gasteiger partial charge is 0.492 e. The molecule has 1 aliphatic rings. The van der Waals surface area contributed by atoms with E-state index in [9.17, 15) is 4.79 Å². The quantitative estimate of drug-likeness (QED) is 0.631. The molecule has 0 unspecified atom stereocenters. The van der Waals surface area contributed by atoms with Gasteiger partial charge in [-0.1, -0.05) is 25.5 Å².